The molecule has 2 aliphatic carbocycles. The third-order valence-corrected chi connectivity index (χ3v) is 5.57. The van der Waals surface area contributed by atoms with Crippen LogP contribution in [0.4, 0.5) is 0 Å². The summed E-state index contributed by atoms with van der Waals surface area (Å²) in [4.78, 5) is 20.8. The second-order valence-electron chi connectivity index (χ2n) is 8.23. The molecule has 0 aromatic heterocycles. The Bertz CT molecular complexity index is 947. The molecule has 4 rings (SSSR count). The predicted molar refractivity (Wildman–Crippen MR) is 136 cm³/mol. The van der Waals surface area contributed by atoms with Crippen molar-refractivity contribution in [2.75, 3.05) is 0 Å². The van der Waals surface area contributed by atoms with Gasteiger partial charge in [0.2, 0.25) is 0 Å². The average molecular weight is 443 g/mol. The Kier molecular flexibility index (Phi) is 10.1. The number of benzene rings is 2. The molecule has 0 amide bonds. The van der Waals surface area contributed by atoms with Crippen LogP contribution in [0.3, 0.4) is 0 Å². The van der Waals surface area contributed by atoms with Gasteiger partial charge in [-0.25, -0.2) is 0 Å². The maximum atomic E-state index is 10.4. The van der Waals surface area contributed by atoms with E-state index in [1.807, 2.05) is 0 Å². The molecule has 0 fully saturated rings. The maximum absolute atomic E-state index is 10.4. The van der Waals surface area contributed by atoms with E-state index in [4.69, 9.17) is 11.5 Å². The van der Waals surface area contributed by atoms with Crippen LogP contribution in [0.15, 0.2) is 109 Å². The van der Waals surface area contributed by atoms with Gasteiger partial charge in [0.05, 0.1) is 0 Å². The summed E-state index contributed by atoms with van der Waals surface area (Å²) in [6.45, 7) is 4.60. The van der Waals surface area contributed by atoms with Crippen molar-refractivity contribution >= 4 is 11.6 Å². The zero-order valence-electron chi connectivity index (χ0n) is 19.5. The summed E-state index contributed by atoms with van der Waals surface area (Å²) >= 11 is 0. The SMILES string of the molecule is CCCC(C)(c1ccccc1)c1ccccc1.NC1=CCC(=O)C=C1.NC1=CCC(=O)C=C1. The third kappa shape index (κ3) is 8.41. The fourth-order valence-electron chi connectivity index (χ4n) is 3.65. The number of carbonyl (C=O) groups excluding carboxylic acids is 2. The molecule has 2 aromatic carbocycles. The Morgan fingerprint density at radius 2 is 1.09 bits per heavy atom. The number of hydrogen-bond acceptors (Lipinski definition) is 4. The molecule has 33 heavy (non-hydrogen) atoms. The predicted octanol–water partition coefficient (Wildman–Crippen LogP) is 5.51. The molecule has 0 aliphatic heterocycles. The van der Waals surface area contributed by atoms with E-state index in [1.54, 1.807) is 24.3 Å². The van der Waals surface area contributed by atoms with Crippen molar-refractivity contribution in [2.45, 2.75) is 44.9 Å². The fourth-order valence-corrected chi connectivity index (χ4v) is 3.65. The van der Waals surface area contributed by atoms with Crippen LogP contribution in [0, 0.1) is 0 Å². The second-order valence-corrected chi connectivity index (χ2v) is 8.23. The van der Waals surface area contributed by atoms with E-state index in [1.165, 1.54) is 36.1 Å². The van der Waals surface area contributed by atoms with Crippen molar-refractivity contribution in [1.29, 1.82) is 0 Å². The summed E-state index contributed by atoms with van der Waals surface area (Å²) in [6, 6.07) is 21.6. The van der Waals surface area contributed by atoms with E-state index in [-0.39, 0.29) is 17.0 Å². The second kappa shape index (κ2) is 13.0. The summed E-state index contributed by atoms with van der Waals surface area (Å²) in [6.07, 6.45) is 12.9. The summed E-state index contributed by atoms with van der Waals surface area (Å²) in [5.74, 6) is 0.249. The first-order chi connectivity index (χ1) is 15.8. The maximum Gasteiger partial charge on any atom is 0.159 e. The van der Waals surface area contributed by atoms with Crippen molar-refractivity contribution in [3.8, 4) is 0 Å². The molecule has 2 aromatic rings. The smallest absolute Gasteiger partial charge is 0.159 e. The van der Waals surface area contributed by atoms with Gasteiger partial charge in [-0.3, -0.25) is 9.59 Å². The van der Waals surface area contributed by atoms with Gasteiger partial charge in [0.15, 0.2) is 11.6 Å². The molecule has 2 aliphatic rings. The number of ketones is 2. The monoisotopic (exact) mass is 442 g/mol. The van der Waals surface area contributed by atoms with Gasteiger partial charge in [-0.1, -0.05) is 93.1 Å². The molecule has 4 heteroatoms. The Balaban J connectivity index is 0.000000200. The summed E-state index contributed by atoms with van der Waals surface area (Å²) in [5.41, 5.74) is 15.0. The van der Waals surface area contributed by atoms with Crippen LogP contribution in [0.5, 0.6) is 0 Å². The Morgan fingerprint density at radius 3 is 1.36 bits per heavy atom. The minimum Gasteiger partial charge on any atom is -0.399 e. The zero-order valence-corrected chi connectivity index (χ0v) is 19.5. The van der Waals surface area contributed by atoms with Crippen LogP contribution in [0.1, 0.15) is 50.7 Å². The van der Waals surface area contributed by atoms with Crippen LogP contribution in [0.25, 0.3) is 0 Å². The minimum absolute atomic E-state index is 0.124. The number of rotatable bonds is 4. The third-order valence-electron chi connectivity index (χ3n) is 5.57. The molecule has 0 saturated heterocycles. The van der Waals surface area contributed by atoms with Crippen molar-refractivity contribution in [1.82, 2.24) is 0 Å². The first kappa shape index (κ1) is 25.6. The van der Waals surface area contributed by atoms with Gasteiger partial charge in [-0.15, -0.1) is 0 Å². The minimum atomic E-state index is 0.124. The first-order valence-corrected chi connectivity index (χ1v) is 11.3. The Morgan fingerprint density at radius 1 is 0.697 bits per heavy atom. The van der Waals surface area contributed by atoms with Crippen molar-refractivity contribution in [3.63, 3.8) is 0 Å². The van der Waals surface area contributed by atoms with Gasteiger partial charge in [0.25, 0.3) is 0 Å². The van der Waals surface area contributed by atoms with Crippen LogP contribution in [-0.2, 0) is 15.0 Å². The Labute approximate surface area is 197 Å². The normalized spacial score (nSPS) is 14.8. The average Bonchev–Trinajstić information content (AvgIpc) is 2.85. The molecule has 0 heterocycles. The quantitative estimate of drug-likeness (QED) is 0.654. The number of nitrogens with two attached hydrogens (primary N) is 2. The van der Waals surface area contributed by atoms with Crippen LogP contribution >= 0.6 is 0 Å². The number of carbonyl (C=O) groups is 2. The molecule has 4 N–H and O–H groups in total. The van der Waals surface area contributed by atoms with E-state index >= 15 is 0 Å². The van der Waals surface area contributed by atoms with Crippen molar-refractivity contribution in [3.05, 3.63) is 120 Å². The molecule has 0 unspecified atom stereocenters. The number of hydrogen-bond donors (Lipinski definition) is 2. The molecule has 0 spiro atoms. The van der Waals surface area contributed by atoms with E-state index in [0.717, 1.165) is 0 Å². The molecular formula is C29H34N2O2. The lowest BCUT2D eigenvalue weighted by Gasteiger charge is -2.30. The van der Waals surface area contributed by atoms with Crippen LogP contribution in [0.2, 0.25) is 0 Å². The van der Waals surface area contributed by atoms with Gasteiger partial charge in [0.1, 0.15) is 0 Å². The molecule has 0 atom stereocenters. The van der Waals surface area contributed by atoms with Crippen molar-refractivity contribution < 1.29 is 9.59 Å². The molecule has 0 bridgehead atoms. The summed E-state index contributed by atoms with van der Waals surface area (Å²) in [7, 11) is 0. The van der Waals surface area contributed by atoms with Gasteiger partial charge >= 0.3 is 0 Å². The van der Waals surface area contributed by atoms with Crippen molar-refractivity contribution in [2.24, 2.45) is 11.5 Å². The van der Waals surface area contributed by atoms with Gasteiger partial charge in [0, 0.05) is 29.7 Å². The topological polar surface area (TPSA) is 86.2 Å². The highest BCUT2D eigenvalue weighted by Crippen LogP contribution is 2.35. The highest BCUT2D eigenvalue weighted by Gasteiger charge is 2.27. The molecule has 4 nitrogen and oxygen atoms in total. The molecular weight excluding hydrogens is 408 g/mol. The molecule has 0 saturated carbocycles. The summed E-state index contributed by atoms with van der Waals surface area (Å²) < 4.78 is 0. The van der Waals surface area contributed by atoms with Crippen LogP contribution < -0.4 is 11.5 Å². The van der Waals surface area contributed by atoms with Gasteiger partial charge < -0.3 is 11.5 Å². The lowest BCUT2D eigenvalue weighted by atomic mass is 9.73. The molecule has 0 radical (unpaired) electrons. The van der Waals surface area contributed by atoms with E-state index < -0.39 is 0 Å². The Hall–Kier alpha value is -3.66. The highest BCUT2D eigenvalue weighted by atomic mass is 16.1. The summed E-state index contributed by atoms with van der Waals surface area (Å²) in [5, 5.41) is 0. The van der Waals surface area contributed by atoms with Gasteiger partial charge in [-0.2, -0.15) is 0 Å². The lowest BCUT2D eigenvalue weighted by molar-refractivity contribution is -0.114. The number of allylic oxidation sites excluding steroid dienone is 6. The van der Waals surface area contributed by atoms with Crippen LogP contribution in [-0.4, -0.2) is 11.6 Å². The lowest BCUT2D eigenvalue weighted by Crippen LogP contribution is -2.23. The molecule has 172 valence electrons. The van der Waals surface area contributed by atoms with E-state index in [9.17, 15) is 9.59 Å². The van der Waals surface area contributed by atoms with E-state index in [0.29, 0.717) is 24.2 Å². The largest absolute Gasteiger partial charge is 0.399 e. The highest BCUT2D eigenvalue weighted by molar-refractivity contribution is 5.92. The fraction of sp³-hybridized carbons (Fsp3) is 0.241. The van der Waals surface area contributed by atoms with Gasteiger partial charge in [-0.05, 0) is 41.9 Å². The zero-order chi connectivity index (χ0) is 24.1. The van der Waals surface area contributed by atoms with E-state index in [2.05, 4.69) is 74.5 Å². The first-order valence-electron chi connectivity index (χ1n) is 11.3. The standard InChI is InChI=1S/C17H20.2C6H7NO/c1-3-14-17(2,15-10-6-4-7-11-15)16-12-8-5-9-13-16;2*7-5-1-3-6(8)4-2-5/h4-13H,3,14H2,1-2H3;2*1-3H,4,7H2.